The summed E-state index contributed by atoms with van der Waals surface area (Å²) in [6.07, 6.45) is -2.27. The summed E-state index contributed by atoms with van der Waals surface area (Å²) < 4.78 is 34.3. The number of carbonyl (C=O) groups is 3. The van der Waals surface area contributed by atoms with Gasteiger partial charge in [0.2, 0.25) is 5.91 Å². The van der Waals surface area contributed by atoms with E-state index in [4.69, 9.17) is 26.2 Å². The number of rotatable bonds is 7. The van der Waals surface area contributed by atoms with Crippen LogP contribution in [-0.4, -0.2) is 55.7 Å². The lowest BCUT2D eigenvalue weighted by atomic mass is 10.2. The predicted molar refractivity (Wildman–Crippen MR) is 100.0 cm³/mol. The lowest BCUT2D eigenvalue weighted by molar-refractivity contribution is -0.192. The normalized spacial score (nSPS) is 10.5. The molecule has 0 bridgehead atoms. The third kappa shape index (κ3) is 8.04. The van der Waals surface area contributed by atoms with Gasteiger partial charge in [0.05, 0.1) is 12.1 Å². The van der Waals surface area contributed by atoms with Crippen LogP contribution in [0.3, 0.4) is 0 Å². The Bertz CT molecular complexity index is 1010. The molecule has 2 aromatic rings. The van der Waals surface area contributed by atoms with Crippen LogP contribution in [0.25, 0.3) is 5.69 Å². The van der Waals surface area contributed by atoms with Gasteiger partial charge in [-0.3, -0.25) is 24.1 Å². The minimum absolute atomic E-state index is 0.0101. The number of nitrogen functional groups attached to an aromatic ring is 1. The van der Waals surface area contributed by atoms with Crippen LogP contribution < -0.4 is 16.7 Å². The second-order valence-electron chi connectivity index (χ2n) is 5.84. The monoisotopic (exact) mass is 445 g/mol. The molecule has 0 radical (unpaired) electrons. The zero-order valence-corrected chi connectivity index (χ0v) is 15.7. The smallest absolute Gasteiger partial charge is 0.481 e. The maximum Gasteiger partial charge on any atom is 0.490 e. The molecule has 2 rings (SSSR count). The number of aromatic nitrogens is 2. The molecule has 1 aromatic heterocycles. The fourth-order valence-electron chi connectivity index (χ4n) is 2.05. The zero-order valence-electron chi connectivity index (χ0n) is 15.7. The standard InChI is InChI=1S/C15H17N5O4.C2HF3O2/c16-14(17)10-1-3-11(4-2-10)20-8-7-19(15(20)24)9-12(21)18-6-5-13(22)23;3-2(4,5)1(6)7/h1-4,7-8H,5-6,9H2,(H3,16,17)(H,18,21)(H,22,23);(H,6,7). The number of nitrogens with zero attached hydrogens (tertiary/aromatic N) is 2. The first-order chi connectivity index (χ1) is 14.3. The second kappa shape index (κ2) is 10.6. The number of nitrogens with two attached hydrogens (primary N) is 1. The minimum Gasteiger partial charge on any atom is -0.481 e. The Morgan fingerprint density at radius 1 is 1.10 bits per heavy atom. The van der Waals surface area contributed by atoms with Crippen molar-refractivity contribution < 1.29 is 37.8 Å². The SMILES string of the molecule is N=C(N)c1ccc(-n2ccn(CC(=O)NCCC(=O)O)c2=O)cc1.O=C(O)C(F)(F)F. The summed E-state index contributed by atoms with van der Waals surface area (Å²) in [4.78, 5) is 43.3. The molecule has 1 heterocycles. The van der Waals surface area contributed by atoms with Gasteiger partial charge in [-0.25, -0.2) is 9.59 Å². The molecule has 0 saturated heterocycles. The predicted octanol–water partition coefficient (Wildman–Crippen LogP) is 0.147. The van der Waals surface area contributed by atoms with Crippen LogP contribution in [0.1, 0.15) is 12.0 Å². The van der Waals surface area contributed by atoms with Gasteiger partial charge in [-0.2, -0.15) is 13.2 Å². The van der Waals surface area contributed by atoms with Crippen LogP contribution in [0.4, 0.5) is 13.2 Å². The maximum atomic E-state index is 12.3. The number of amides is 1. The van der Waals surface area contributed by atoms with Gasteiger partial charge >= 0.3 is 23.8 Å². The van der Waals surface area contributed by atoms with Gasteiger partial charge < -0.3 is 21.3 Å². The third-order valence-electron chi connectivity index (χ3n) is 3.52. The number of hydrogen-bond acceptors (Lipinski definition) is 5. The summed E-state index contributed by atoms with van der Waals surface area (Å²) in [6.45, 7) is -0.187. The molecule has 0 unspecified atom stereocenters. The number of alkyl halides is 3. The van der Waals surface area contributed by atoms with Crippen molar-refractivity contribution in [3.05, 3.63) is 52.7 Å². The highest BCUT2D eigenvalue weighted by molar-refractivity contribution is 5.95. The van der Waals surface area contributed by atoms with Crippen molar-refractivity contribution in [1.82, 2.24) is 14.5 Å². The van der Waals surface area contributed by atoms with E-state index in [0.29, 0.717) is 11.3 Å². The van der Waals surface area contributed by atoms with Crippen molar-refractivity contribution >= 4 is 23.7 Å². The van der Waals surface area contributed by atoms with Crippen molar-refractivity contribution in [1.29, 1.82) is 5.41 Å². The van der Waals surface area contributed by atoms with E-state index in [2.05, 4.69) is 5.32 Å². The summed E-state index contributed by atoms with van der Waals surface area (Å²) in [5, 5.41) is 25.4. The quantitative estimate of drug-likeness (QED) is 0.297. The Hall–Kier alpha value is -4.10. The molecule has 0 fully saturated rings. The van der Waals surface area contributed by atoms with E-state index in [0.717, 1.165) is 0 Å². The molecule has 1 amide bonds. The Balaban J connectivity index is 0.000000592. The van der Waals surface area contributed by atoms with Gasteiger partial charge in [0.15, 0.2) is 0 Å². The molecule has 1 aromatic carbocycles. The van der Waals surface area contributed by atoms with Crippen molar-refractivity contribution in [2.45, 2.75) is 19.1 Å². The van der Waals surface area contributed by atoms with Crippen molar-refractivity contribution in [3.63, 3.8) is 0 Å². The van der Waals surface area contributed by atoms with Crippen molar-refractivity contribution in [2.24, 2.45) is 5.73 Å². The summed E-state index contributed by atoms with van der Waals surface area (Å²) >= 11 is 0. The number of benzene rings is 1. The number of imidazole rings is 1. The fourth-order valence-corrected chi connectivity index (χ4v) is 2.05. The third-order valence-corrected chi connectivity index (χ3v) is 3.52. The summed E-state index contributed by atoms with van der Waals surface area (Å²) in [7, 11) is 0. The number of carboxylic acid groups (broad SMARTS) is 2. The van der Waals surface area contributed by atoms with E-state index in [1.54, 1.807) is 24.3 Å². The Morgan fingerprint density at radius 3 is 2.10 bits per heavy atom. The first-order valence-corrected chi connectivity index (χ1v) is 8.34. The first kappa shape index (κ1) is 24.9. The highest BCUT2D eigenvalue weighted by atomic mass is 19.4. The number of nitrogens with one attached hydrogen (secondary N) is 2. The largest absolute Gasteiger partial charge is 0.490 e. The lowest BCUT2D eigenvalue weighted by Gasteiger charge is -2.05. The number of amidine groups is 1. The highest BCUT2D eigenvalue weighted by Gasteiger charge is 2.38. The molecule has 6 N–H and O–H groups in total. The van der Waals surface area contributed by atoms with Gasteiger partial charge in [0.1, 0.15) is 12.4 Å². The molecule has 0 spiro atoms. The summed E-state index contributed by atoms with van der Waals surface area (Å²) in [5.41, 5.74) is 6.10. The molecular weight excluding hydrogens is 427 g/mol. The van der Waals surface area contributed by atoms with Gasteiger partial charge in [0.25, 0.3) is 0 Å². The minimum atomic E-state index is -5.08. The molecule has 0 aliphatic rings. The average Bonchev–Trinajstić information content (AvgIpc) is 3.01. The van der Waals surface area contributed by atoms with E-state index in [-0.39, 0.29) is 25.3 Å². The summed E-state index contributed by atoms with van der Waals surface area (Å²) in [5.74, 6) is -4.27. The van der Waals surface area contributed by atoms with E-state index >= 15 is 0 Å². The number of carbonyl (C=O) groups excluding carboxylic acids is 1. The van der Waals surface area contributed by atoms with Gasteiger partial charge in [-0.15, -0.1) is 0 Å². The number of hydrogen-bond donors (Lipinski definition) is 5. The van der Waals surface area contributed by atoms with Crippen LogP contribution in [0.2, 0.25) is 0 Å². The zero-order chi connectivity index (χ0) is 23.8. The van der Waals surface area contributed by atoms with E-state index in [1.807, 2.05) is 0 Å². The Labute approximate surface area is 172 Å². The number of carboxylic acids is 2. The van der Waals surface area contributed by atoms with Gasteiger partial charge in [-0.1, -0.05) is 0 Å². The molecule has 0 aliphatic carbocycles. The van der Waals surface area contributed by atoms with E-state index in [1.165, 1.54) is 21.5 Å². The van der Waals surface area contributed by atoms with Crippen LogP contribution in [0.15, 0.2) is 41.5 Å². The van der Waals surface area contributed by atoms with Crippen LogP contribution >= 0.6 is 0 Å². The van der Waals surface area contributed by atoms with Crippen LogP contribution in [-0.2, 0) is 20.9 Å². The molecule has 31 heavy (non-hydrogen) atoms. The molecule has 0 aliphatic heterocycles. The maximum absolute atomic E-state index is 12.3. The molecule has 11 nitrogen and oxygen atoms in total. The van der Waals surface area contributed by atoms with Crippen LogP contribution in [0, 0.1) is 5.41 Å². The first-order valence-electron chi connectivity index (χ1n) is 8.34. The number of halogens is 3. The Morgan fingerprint density at radius 2 is 1.65 bits per heavy atom. The molecule has 0 saturated carbocycles. The second-order valence-corrected chi connectivity index (χ2v) is 5.84. The fraction of sp³-hybridized carbons (Fsp3) is 0.235. The van der Waals surface area contributed by atoms with Crippen molar-refractivity contribution in [3.8, 4) is 5.69 Å². The van der Waals surface area contributed by atoms with E-state index < -0.39 is 29.7 Å². The highest BCUT2D eigenvalue weighted by Crippen LogP contribution is 2.13. The molecular formula is C17H18F3N5O6. The van der Waals surface area contributed by atoms with Gasteiger partial charge in [0, 0.05) is 24.5 Å². The summed E-state index contributed by atoms with van der Waals surface area (Å²) in [6, 6.07) is 6.55. The van der Waals surface area contributed by atoms with Crippen LogP contribution in [0.5, 0.6) is 0 Å². The topological polar surface area (TPSA) is 180 Å². The number of aliphatic carboxylic acids is 2. The van der Waals surface area contributed by atoms with Gasteiger partial charge in [-0.05, 0) is 24.3 Å². The molecule has 14 heteroatoms. The van der Waals surface area contributed by atoms with Crippen molar-refractivity contribution in [2.75, 3.05) is 6.54 Å². The average molecular weight is 445 g/mol. The molecule has 168 valence electrons. The van der Waals surface area contributed by atoms with E-state index in [9.17, 15) is 27.6 Å². The lowest BCUT2D eigenvalue weighted by Crippen LogP contribution is -2.33. The Kier molecular flexibility index (Phi) is 8.54. The molecule has 0 atom stereocenters.